The van der Waals surface area contributed by atoms with E-state index in [0.717, 1.165) is 6.07 Å². The lowest BCUT2D eigenvalue weighted by atomic mass is 10.2. The molecule has 122 valence electrons. The molecule has 0 saturated carbocycles. The highest BCUT2D eigenvalue weighted by molar-refractivity contribution is 7.93. The van der Waals surface area contributed by atoms with E-state index in [1.54, 1.807) is 24.3 Å². The molecule has 0 spiro atoms. The number of carboxylic acid groups (broad SMARTS) is 1. The third kappa shape index (κ3) is 2.79. The Hall–Kier alpha value is -3.00. The lowest BCUT2D eigenvalue weighted by Gasteiger charge is -2.12. The molecule has 8 heteroatoms. The number of rotatable bonds is 4. The summed E-state index contributed by atoms with van der Waals surface area (Å²) >= 11 is 0. The van der Waals surface area contributed by atoms with Crippen LogP contribution in [0.1, 0.15) is 10.4 Å². The molecule has 0 atom stereocenters. The number of anilines is 1. The quantitative estimate of drug-likeness (QED) is 0.757. The zero-order valence-electron chi connectivity index (χ0n) is 12.1. The van der Waals surface area contributed by atoms with E-state index in [-0.39, 0.29) is 16.1 Å². The number of hydrogen-bond acceptors (Lipinski definition) is 4. The van der Waals surface area contributed by atoms with Gasteiger partial charge < -0.3 is 5.11 Å². The number of aromatic nitrogens is 1. The highest BCUT2D eigenvalue weighted by Gasteiger charge is 2.23. The molecule has 0 unspecified atom stereocenters. The molecule has 0 aliphatic heterocycles. The van der Waals surface area contributed by atoms with E-state index < -0.39 is 27.4 Å². The van der Waals surface area contributed by atoms with Crippen LogP contribution in [-0.4, -0.2) is 24.5 Å². The molecule has 1 heterocycles. The number of nitrogens with zero attached hydrogens (tertiary/aromatic N) is 1. The molecule has 0 amide bonds. The molecule has 0 aliphatic carbocycles. The van der Waals surface area contributed by atoms with Gasteiger partial charge in [0.1, 0.15) is 16.3 Å². The number of benzene rings is 2. The fraction of sp³-hybridized carbons (Fsp3) is 0. The van der Waals surface area contributed by atoms with Gasteiger partial charge in [0.15, 0.2) is 0 Å². The van der Waals surface area contributed by atoms with Gasteiger partial charge in [0, 0.05) is 11.6 Å². The van der Waals surface area contributed by atoms with Crippen molar-refractivity contribution in [3.8, 4) is 0 Å². The zero-order chi connectivity index (χ0) is 17.3. The normalized spacial score (nSPS) is 11.4. The highest BCUT2D eigenvalue weighted by Crippen LogP contribution is 2.26. The predicted octanol–water partition coefficient (Wildman–Crippen LogP) is 2.87. The molecule has 2 aromatic carbocycles. The molecule has 24 heavy (non-hydrogen) atoms. The third-order valence-electron chi connectivity index (χ3n) is 3.36. The summed E-state index contributed by atoms with van der Waals surface area (Å²) in [6.07, 6.45) is 1.45. The minimum atomic E-state index is -4.16. The number of halogens is 1. The van der Waals surface area contributed by atoms with Gasteiger partial charge in [0.2, 0.25) is 0 Å². The van der Waals surface area contributed by atoms with Crippen molar-refractivity contribution >= 4 is 32.6 Å². The van der Waals surface area contributed by atoms with Crippen LogP contribution in [0.15, 0.2) is 59.6 Å². The predicted molar refractivity (Wildman–Crippen MR) is 85.9 cm³/mol. The first-order valence-electron chi connectivity index (χ1n) is 6.78. The topological polar surface area (TPSA) is 96.4 Å². The number of nitrogens with one attached hydrogen (secondary N) is 1. The Balaban J connectivity index is 2.13. The van der Waals surface area contributed by atoms with Gasteiger partial charge >= 0.3 is 5.97 Å². The van der Waals surface area contributed by atoms with Crippen LogP contribution < -0.4 is 4.72 Å². The number of carbonyl (C=O) groups is 1. The lowest BCUT2D eigenvalue weighted by Crippen LogP contribution is -2.17. The van der Waals surface area contributed by atoms with Gasteiger partial charge in [-0.2, -0.15) is 0 Å². The van der Waals surface area contributed by atoms with Crippen molar-refractivity contribution in [3.05, 3.63) is 66.1 Å². The van der Waals surface area contributed by atoms with Gasteiger partial charge in [-0.15, -0.1) is 0 Å². The maximum absolute atomic E-state index is 13.7. The molecule has 0 bridgehead atoms. The molecular weight excluding hydrogens is 335 g/mol. The van der Waals surface area contributed by atoms with Crippen molar-refractivity contribution in [1.29, 1.82) is 0 Å². The second-order valence-corrected chi connectivity index (χ2v) is 6.56. The first-order valence-corrected chi connectivity index (χ1v) is 8.27. The Bertz CT molecular complexity index is 1050. The van der Waals surface area contributed by atoms with Gasteiger partial charge in [-0.1, -0.05) is 24.3 Å². The second kappa shape index (κ2) is 5.89. The Morgan fingerprint density at radius 1 is 1.08 bits per heavy atom. The molecule has 1 aromatic heterocycles. The summed E-state index contributed by atoms with van der Waals surface area (Å²) in [5, 5.41) is 9.71. The molecule has 3 aromatic rings. The Labute approximate surface area is 136 Å². The van der Waals surface area contributed by atoms with Crippen LogP contribution in [-0.2, 0) is 10.0 Å². The van der Waals surface area contributed by atoms with E-state index in [1.807, 2.05) is 0 Å². The molecule has 0 aliphatic rings. The maximum Gasteiger partial charge on any atom is 0.340 e. The number of fused-ring (bicyclic) bond motifs is 1. The average Bonchev–Trinajstić information content (AvgIpc) is 2.53. The first-order chi connectivity index (χ1) is 11.4. The Morgan fingerprint density at radius 2 is 1.79 bits per heavy atom. The van der Waals surface area contributed by atoms with Crippen LogP contribution in [0.5, 0.6) is 0 Å². The van der Waals surface area contributed by atoms with Crippen LogP contribution in [0.4, 0.5) is 10.1 Å². The van der Waals surface area contributed by atoms with Crippen molar-refractivity contribution in [1.82, 2.24) is 4.98 Å². The number of hydrogen-bond donors (Lipinski definition) is 2. The van der Waals surface area contributed by atoms with E-state index in [1.165, 1.54) is 24.4 Å². The van der Waals surface area contributed by atoms with Crippen LogP contribution in [0, 0.1) is 5.82 Å². The monoisotopic (exact) mass is 346 g/mol. The van der Waals surface area contributed by atoms with Crippen LogP contribution in [0.2, 0.25) is 0 Å². The van der Waals surface area contributed by atoms with Crippen LogP contribution >= 0.6 is 0 Å². The molecule has 2 N–H and O–H groups in total. The van der Waals surface area contributed by atoms with Gasteiger partial charge in [-0.05, 0) is 24.3 Å². The zero-order valence-corrected chi connectivity index (χ0v) is 12.9. The van der Waals surface area contributed by atoms with E-state index in [2.05, 4.69) is 9.71 Å². The molecule has 6 nitrogen and oxygen atoms in total. The summed E-state index contributed by atoms with van der Waals surface area (Å²) in [6.45, 7) is 0. The summed E-state index contributed by atoms with van der Waals surface area (Å²) in [5.74, 6) is -2.60. The van der Waals surface area contributed by atoms with Gasteiger partial charge in [-0.25, -0.2) is 17.6 Å². The second-order valence-electron chi connectivity index (χ2n) is 4.90. The fourth-order valence-electron chi connectivity index (χ4n) is 2.32. The van der Waals surface area contributed by atoms with E-state index in [9.17, 15) is 17.6 Å². The number of aromatic carboxylic acids is 1. The Kier molecular flexibility index (Phi) is 3.90. The van der Waals surface area contributed by atoms with Gasteiger partial charge in [0.05, 0.1) is 11.2 Å². The van der Waals surface area contributed by atoms with E-state index in [4.69, 9.17) is 5.11 Å². The van der Waals surface area contributed by atoms with Crippen LogP contribution in [0.25, 0.3) is 10.9 Å². The SMILES string of the molecule is O=C(O)c1c(F)cccc1NS(=O)(=O)c1cccc2cccnc12. The van der Waals surface area contributed by atoms with Crippen molar-refractivity contribution in [3.63, 3.8) is 0 Å². The smallest absolute Gasteiger partial charge is 0.340 e. The minimum absolute atomic E-state index is 0.124. The molecule has 3 rings (SSSR count). The van der Waals surface area contributed by atoms with E-state index >= 15 is 0 Å². The van der Waals surface area contributed by atoms with Crippen molar-refractivity contribution in [2.24, 2.45) is 0 Å². The number of pyridine rings is 1. The molecule has 0 saturated heterocycles. The minimum Gasteiger partial charge on any atom is -0.478 e. The first kappa shape index (κ1) is 15.9. The van der Waals surface area contributed by atoms with Crippen molar-refractivity contribution < 1.29 is 22.7 Å². The summed E-state index contributed by atoms with van der Waals surface area (Å²) in [5.41, 5.74) is -0.856. The third-order valence-corrected chi connectivity index (χ3v) is 4.75. The molecule has 0 fully saturated rings. The Morgan fingerprint density at radius 3 is 2.54 bits per heavy atom. The van der Waals surface area contributed by atoms with Gasteiger partial charge in [0.25, 0.3) is 10.0 Å². The average molecular weight is 346 g/mol. The summed E-state index contributed by atoms with van der Waals surface area (Å²) in [7, 11) is -4.16. The lowest BCUT2D eigenvalue weighted by molar-refractivity contribution is 0.0693. The van der Waals surface area contributed by atoms with E-state index in [0.29, 0.717) is 5.39 Å². The van der Waals surface area contributed by atoms with Gasteiger partial charge in [-0.3, -0.25) is 9.71 Å². The molecule has 0 radical (unpaired) electrons. The highest BCUT2D eigenvalue weighted by atomic mass is 32.2. The van der Waals surface area contributed by atoms with Crippen LogP contribution in [0.3, 0.4) is 0 Å². The summed E-state index contributed by atoms with van der Waals surface area (Å²) in [4.78, 5) is 15.1. The summed E-state index contributed by atoms with van der Waals surface area (Å²) < 4.78 is 41.1. The largest absolute Gasteiger partial charge is 0.478 e. The van der Waals surface area contributed by atoms with Crippen molar-refractivity contribution in [2.75, 3.05) is 4.72 Å². The standard InChI is InChI=1S/C16H11FN2O4S/c17-11-6-2-7-12(14(11)16(20)21)19-24(22,23)13-8-1-4-10-5-3-9-18-15(10)13/h1-9,19H,(H,20,21). The maximum atomic E-state index is 13.7. The summed E-state index contributed by atoms with van der Waals surface area (Å²) in [6, 6.07) is 11.3. The molecular formula is C16H11FN2O4S. The number of para-hydroxylation sites is 1. The van der Waals surface area contributed by atoms with Crippen molar-refractivity contribution in [2.45, 2.75) is 4.90 Å². The number of carboxylic acids is 1. The fourth-order valence-corrected chi connectivity index (χ4v) is 3.57. The number of sulfonamides is 1.